The van der Waals surface area contributed by atoms with Gasteiger partial charge < -0.3 is 14.8 Å². The van der Waals surface area contributed by atoms with Gasteiger partial charge in [-0.15, -0.1) is 0 Å². The van der Waals surface area contributed by atoms with E-state index in [9.17, 15) is 9.59 Å². The lowest BCUT2D eigenvalue weighted by molar-refractivity contribution is -0.137. The molecule has 0 bridgehead atoms. The van der Waals surface area contributed by atoms with Crippen LogP contribution >= 0.6 is 0 Å². The van der Waals surface area contributed by atoms with E-state index < -0.39 is 5.91 Å². The molecule has 0 saturated carbocycles. The zero-order valence-electron chi connectivity index (χ0n) is 18.6. The zero-order chi connectivity index (χ0) is 23.2. The number of pyridine rings is 1. The second-order valence-electron chi connectivity index (χ2n) is 7.31. The number of hydrogen-bond acceptors (Lipinski definition) is 6. The van der Waals surface area contributed by atoms with Gasteiger partial charge in [0.25, 0.3) is 11.8 Å². The van der Waals surface area contributed by atoms with Crippen molar-refractivity contribution in [1.29, 1.82) is 0 Å². The highest BCUT2D eigenvalue weighted by molar-refractivity contribution is 6.36. The van der Waals surface area contributed by atoms with Gasteiger partial charge in [0.15, 0.2) is 0 Å². The molecule has 0 spiro atoms. The van der Waals surface area contributed by atoms with E-state index in [2.05, 4.69) is 10.3 Å². The molecule has 3 aromatic rings. The number of ether oxygens (including phenoxy) is 2. The van der Waals surface area contributed by atoms with Gasteiger partial charge in [-0.25, -0.2) is 0 Å². The van der Waals surface area contributed by atoms with Gasteiger partial charge in [-0.05, 0) is 67.9 Å². The average molecular weight is 444 g/mol. The minimum Gasteiger partial charge on any atom is -0.494 e. The Kier molecular flexibility index (Phi) is 6.69. The highest BCUT2D eigenvalue weighted by Crippen LogP contribution is 2.32. The van der Waals surface area contributed by atoms with Crippen molar-refractivity contribution in [2.24, 2.45) is 0 Å². The second kappa shape index (κ2) is 9.99. The van der Waals surface area contributed by atoms with Crippen molar-refractivity contribution in [3.8, 4) is 11.5 Å². The van der Waals surface area contributed by atoms with Crippen LogP contribution in [0.3, 0.4) is 0 Å². The third-order valence-electron chi connectivity index (χ3n) is 5.10. The normalized spacial score (nSPS) is 13.5. The molecule has 168 valence electrons. The van der Waals surface area contributed by atoms with Crippen molar-refractivity contribution < 1.29 is 19.1 Å². The molecule has 1 aliphatic heterocycles. The van der Waals surface area contributed by atoms with Crippen molar-refractivity contribution in [2.75, 3.05) is 18.5 Å². The van der Waals surface area contributed by atoms with Gasteiger partial charge in [0.05, 0.1) is 31.0 Å². The van der Waals surface area contributed by atoms with E-state index in [0.29, 0.717) is 41.5 Å². The first kappa shape index (κ1) is 22.1. The van der Waals surface area contributed by atoms with E-state index in [1.54, 1.807) is 42.6 Å². The van der Waals surface area contributed by atoms with Gasteiger partial charge in [0, 0.05) is 11.9 Å². The molecule has 0 aliphatic carbocycles. The molecule has 2 aromatic carbocycles. The molecule has 7 nitrogen and oxygen atoms in total. The first-order valence-corrected chi connectivity index (χ1v) is 10.8. The fourth-order valence-corrected chi connectivity index (χ4v) is 3.59. The number of nitrogens with one attached hydrogen (secondary N) is 1. The fourth-order valence-electron chi connectivity index (χ4n) is 3.59. The molecule has 4 rings (SSSR count). The van der Waals surface area contributed by atoms with Gasteiger partial charge >= 0.3 is 0 Å². The number of benzene rings is 2. The molecule has 7 heteroatoms. The Morgan fingerprint density at radius 3 is 2.03 bits per heavy atom. The molecule has 1 aromatic heterocycles. The molecular weight excluding hydrogens is 418 g/mol. The number of carbonyl (C=O) groups is 2. The summed E-state index contributed by atoms with van der Waals surface area (Å²) >= 11 is 0. The summed E-state index contributed by atoms with van der Waals surface area (Å²) in [7, 11) is 0. The van der Waals surface area contributed by atoms with E-state index in [-0.39, 0.29) is 18.1 Å². The monoisotopic (exact) mass is 443 g/mol. The summed E-state index contributed by atoms with van der Waals surface area (Å²) in [6.45, 7) is 5.02. The lowest BCUT2D eigenvalue weighted by Crippen LogP contribution is -2.32. The molecule has 0 unspecified atom stereocenters. The van der Waals surface area contributed by atoms with Crippen molar-refractivity contribution in [1.82, 2.24) is 9.88 Å². The molecule has 0 saturated heterocycles. The zero-order valence-corrected chi connectivity index (χ0v) is 18.6. The van der Waals surface area contributed by atoms with Crippen LogP contribution < -0.4 is 14.8 Å². The highest BCUT2D eigenvalue weighted by atomic mass is 16.5. The Morgan fingerprint density at radius 1 is 0.818 bits per heavy atom. The van der Waals surface area contributed by atoms with Crippen LogP contribution in [0.5, 0.6) is 11.5 Å². The van der Waals surface area contributed by atoms with E-state index in [1.165, 1.54) is 4.90 Å². The van der Waals surface area contributed by atoms with Crippen LogP contribution in [0.25, 0.3) is 5.57 Å². The van der Waals surface area contributed by atoms with Gasteiger partial charge in [0.1, 0.15) is 17.2 Å². The van der Waals surface area contributed by atoms with Crippen molar-refractivity contribution in [3.05, 3.63) is 89.9 Å². The maximum absolute atomic E-state index is 13.4. The molecule has 1 N–H and O–H groups in total. The quantitative estimate of drug-likeness (QED) is 0.498. The lowest BCUT2D eigenvalue weighted by Gasteiger charge is -2.15. The van der Waals surface area contributed by atoms with Crippen molar-refractivity contribution >= 4 is 23.1 Å². The number of anilines is 1. The Balaban J connectivity index is 1.68. The maximum Gasteiger partial charge on any atom is 0.278 e. The Hall–Kier alpha value is -4.13. The molecule has 33 heavy (non-hydrogen) atoms. The largest absolute Gasteiger partial charge is 0.494 e. The van der Waals surface area contributed by atoms with Crippen LogP contribution in [-0.4, -0.2) is 34.9 Å². The number of imide groups is 1. The van der Waals surface area contributed by atoms with Crippen LogP contribution in [0.15, 0.2) is 78.6 Å². The van der Waals surface area contributed by atoms with Gasteiger partial charge in [0.2, 0.25) is 0 Å². The molecular formula is C26H25N3O4. The highest BCUT2D eigenvalue weighted by Gasteiger charge is 2.39. The summed E-state index contributed by atoms with van der Waals surface area (Å²) in [4.78, 5) is 32.2. The summed E-state index contributed by atoms with van der Waals surface area (Å²) in [6, 6.07) is 19.8. The molecule has 0 fully saturated rings. The number of nitrogens with zero attached hydrogens (tertiary/aromatic N) is 2. The van der Waals surface area contributed by atoms with Crippen molar-refractivity contribution in [2.45, 2.75) is 20.4 Å². The van der Waals surface area contributed by atoms with Gasteiger partial charge in [-0.1, -0.05) is 18.2 Å². The Morgan fingerprint density at radius 2 is 1.45 bits per heavy atom. The summed E-state index contributed by atoms with van der Waals surface area (Å²) < 4.78 is 11.0. The molecule has 2 amide bonds. The Bertz CT molecular complexity index is 1160. The smallest absolute Gasteiger partial charge is 0.278 e. The van der Waals surface area contributed by atoms with Crippen LogP contribution in [0.2, 0.25) is 0 Å². The molecule has 0 atom stereocenters. The van der Waals surface area contributed by atoms with E-state index >= 15 is 0 Å². The SMILES string of the molecule is CCOc1ccc(NC2=C(c3ccc(OCC)cc3)C(=O)N(Cc3ccccn3)C2=O)cc1. The average Bonchev–Trinajstić information content (AvgIpc) is 3.06. The van der Waals surface area contributed by atoms with Crippen LogP contribution in [0.1, 0.15) is 25.1 Å². The van der Waals surface area contributed by atoms with Crippen LogP contribution in [0, 0.1) is 0 Å². The first-order valence-electron chi connectivity index (χ1n) is 10.8. The summed E-state index contributed by atoms with van der Waals surface area (Å²) in [5.74, 6) is 0.658. The fraction of sp³-hybridized carbons (Fsp3) is 0.192. The topological polar surface area (TPSA) is 80.8 Å². The van der Waals surface area contributed by atoms with E-state index in [4.69, 9.17) is 9.47 Å². The summed E-state index contributed by atoms with van der Waals surface area (Å²) in [5.41, 5.74) is 2.48. The molecule has 0 radical (unpaired) electrons. The minimum atomic E-state index is -0.400. The van der Waals surface area contributed by atoms with Crippen molar-refractivity contribution in [3.63, 3.8) is 0 Å². The first-order chi connectivity index (χ1) is 16.1. The predicted octanol–water partition coefficient (Wildman–Crippen LogP) is 4.27. The predicted molar refractivity (Wildman–Crippen MR) is 126 cm³/mol. The molecule has 2 heterocycles. The minimum absolute atomic E-state index is 0.0908. The molecule has 1 aliphatic rings. The summed E-state index contributed by atoms with van der Waals surface area (Å²) in [5, 5.41) is 3.15. The van der Waals surface area contributed by atoms with Gasteiger partial charge in [-0.2, -0.15) is 0 Å². The third-order valence-corrected chi connectivity index (χ3v) is 5.10. The number of hydrogen-bond donors (Lipinski definition) is 1. The number of carbonyl (C=O) groups excluding carboxylic acids is 2. The van der Waals surface area contributed by atoms with E-state index in [0.717, 1.165) is 5.75 Å². The summed E-state index contributed by atoms with van der Waals surface area (Å²) in [6.07, 6.45) is 1.64. The van der Waals surface area contributed by atoms with Crippen LogP contribution in [-0.2, 0) is 16.1 Å². The lowest BCUT2D eigenvalue weighted by atomic mass is 10.0. The van der Waals surface area contributed by atoms with E-state index in [1.807, 2.05) is 44.2 Å². The van der Waals surface area contributed by atoms with Crippen LogP contribution in [0.4, 0.5) is 5.69 Å². The third kappa shape index (κ3) is 4.87. The number of amides is 2. The standard InChI is InChI=1S/C26H25N3O4/c1-3-32-21-12-8-18(9-13-21)23-24(28-19-10-14-22(15-11-19)33-4-2)26(31)29(25(23)30)17-20-7-5-6-16-27-20/h5-16,28H,3-4,17H2,1-2H3. The van der Waals surface area contributed by atoms with Gasteiger partial charge in [-0.3, -0.25) is 19.5 Å². The second-order valence-corrected chi connectivity index (χ2v) is 7.31. The number of rotatable bonds is 9. The maximum atomic E-state index is 13.4. The number of aromatic nitrogens is 1. The Labute approximate surface area is 192 Å².